The molecule has 1 N–H and O–H groups in total. The maximum atomic E-state index is 5.34. The smallest absolute Gasteiger partial charge is 0.142 e. The quantitative estimate of drug-likeness (QED) is 0.873. The highest BCUT2D eigenvalue weighted by atomic mass is 16.5. The van der Waals surface area contributed by atoms with Crippen LogP contribution in [0.3, 0.4) is 0 Å². The Hall–Kier alpha value is -2.03. The third-order valence-electron chi connectivity index (χ3n) is 2.59. The first-order chi connectivity index (χ1) is 8.29. The van der Waals surface area contributed by atoms with Gasteiger partial charge < -0.3 is 10.1 Å². The molecule has 0 saturated carbocycles. The highest BCUT2D eigenvalue weighted by molar-refractivity contribution is 5.57. The lowest BCUT2D eigenvalue weighted by molar-refractivity contribution is 0.416. The van der Waals surface area contributed by atoms with Gasteiger partial charge in [0.1, 0.15) is 5.75 Å². The molecule has 17 heavy (non-hydrogen) atoms. The van der Waals surface area contributed by atoms with Gasteiger partial charge in [0.2, 0.25) is 0 Å². The predicted molar refractivity (Wildman–Crippen MR) is 69.3 cm³/mol. The van der Waals surface area contributed by atoms with E-state index in [2.05, 4.69) is 23.3 Å². The molecular formula is C14H16N2O. The number of hydrogen-bond donors (Lipinski definition) is 1. The van der Waals surface area contributed by atoms with Crippen molar-refractivity contribution in [2.24, 2.45) is 0 Å². The fourth-order valence-corrected chi connectivity index (χ4v) is 1.64. The van der Waals surface area contributed by atoms with E-state index in [-0.39, 0.29) is 0 Å². The van der Waals surface area contributed by atoms with Crippen molar-refractivity contribution in [2.75, 3.05) is 12.4 Å². The van der Waals surface area contributed by atoms with E-state index in [0.717, 1.165) is 18.0 Å². The first kappa shape index (κ1) is 11.5. The van der Waals surface area contributed by atoms with E-state index in [1.54, 1.807) is 19.5 Å². The Bertz CT molecular complexity index is 483. The van der Waals surface area contributed by atoms with Gasteiger partial charge in [-0.1, -0.05) is 6.07 Å². The number of ether oxygens (including phenoxy) is 1. The Balaban J connectivity index is 2.09. The molecule has 88 valence electrons. The van der Waals surface area contributed by atoms with Crippen LogP contribution in [0.25, 0.3) is 0 Å². The van der Waals surface area contributed by atoms with E-state index in [0.29, 0.717) is 0 Å². The Morgan fingerprint density at radius 3 is 2.65 bits per heavy atom. The topological polar surface area (TPSA) is 34.1 Å². The van der Waals surface area contributed by atoms with Gasteiger partial charge >= 0.3 is 0 Å². The minimum atomic E-state index is 0.766. The molecule has 0 unspecified atom stereocenters. The van der Waals surface area contributed by atoms with E-state index in [1.165, 1.54) is 11.1 Å². The fourth-order valence-electron chi connectivity index (χ4n) is 1.64. The van der Waals surface area contributed by atoms with Crippen LogP contribution in [0.1, 0.15) is 11.1 Å². The molecule has 1 aromatic heterocycles. The molecule has 0 amide bonds. The molecule has 0 spiro atoms. The number of aromatic nitrogens is 1. The van der Waals surface area contributed by atoms with Gasteiger partial charge in [0.15, 0.2) is 0 Å². The molecule has 3 heteroatoms. The maximum Gasteiger partial charge on any atom is 0.142 e. The molecule has 1 heterocycles. The molecule has 0 saturated heterocycles. The molecule has 0 atom stereocenters. The highest BCUT2D eigenvalue weighted by Crippen LogP contribution is 2.25. The molecule has 0 aliphatic rings. The summed E-state index contributed by atoms with van der Waals surface area (Å²) in [5.74, 6) is 0.874. The number of aryl methyl sites for hydroxylation is 1. The van der Waals surface area contributed by atoms with Gasteiger partial charge in [0.05, 0.1) is 12.8 Å². The molecule has 1 aromatic carbocycles. The Labute approximate surface area is 101 Å². The number of nitrogens with zero attached hydrogens (tertiary/aromatic N) is 1. The summed E-state index contributed by atoms with van der Waals surface area (Å²) in [6.07, 6.45) is 3.59. The van der Waals surface area contributed by atoms with Crippen molar-refractivity contribution in [3.8, 4) is 5.75 Å². The number of hydrogen-bond acceptors (Lipinski definition) is 3. The van der Waals surface area contributed by atoms with Crippen molar-refractivity contribution >= 4 is 5.69 Å². The zero-order valence-corrected chi connectivity index (χ0v) is 10.1. The molecule has 0 bridgehead atoms. The van der Waals surface area contributed by atoms with E-state index >= 15 is 0 Å². The number of rotatable bonds is 4. The lowest BCUT2D eigenvalue weighted by Crippen LogP contribution is -2.01. The zero-order valence-electron chi connectivity index (χ0n) is 10.1. The van der Waals surface area contributed by atoms with E-state index < -0.39 is 0 Å². The third-order valence-corrected chi connectivity index (χ3v) is 2.59. The van der Waals surface area contributed by atoms with Gasteiger partial charge in [0.25, 0.3) is 0 Å². The van der Waals surface area contributed by atoms with Crippen LogP contribution >= 0.6 is 0 Å². The van der Waals surface area contributed by atoms with Gasteiger partial charge in [-0.3, -0.25) is 4.98 Å². The Kier molecular flexibility index (Phi) is 3.60. The van der Waals surface area contributed by atoms with Gasteiger partial charge in [-0.2, -0.15) is 0 Å². The predicted octanol–water partition coefficient (Wildman–Crippen LogP) is 3.01. The summed E-state index contributed by atoms with van der Waals surface area (Å²) in [7, 11) is 1.69. The standard InChI is InChI=1S/C14H16N2O/c1-11-3-4-13(14(9-11)17-2)16-10-12-5-7-15-8-6-12/h3-9,16H,10H2,1-2H3. The summed E-state index contributed by atoms with van der Waals surface area (Å²) >= 11 is 0. The SMILES string of the molecule is COc1cc(C)ccc1NCc1ccncc1. The first-order valence-electron chi connectivity index (χ1n) is 5.57. The summed E-state index contributed by atoms with van der Waals surface area (Å²) in [6, 6.07) is 10.1. The van der Waals surface area contributed by atoms with Gasteiger partial charge in [-0.15, -0.1) is 0 Å². The second-order valence-corrected chi connectivity index (χ2v) is 3.91. The number of nitrogens with one attached hydrogen (secondary N) is 1. The van der Waals surface area contributed by atoms with Crippen molar-refractivity contribution in [3.05, 3.63) is 53.9 Å². The monoisotopic (exact) mass is 228 g/mol. The third kappa shape index (κ3) is 2.97. The van der Waals surface area contributed by atoms with Crippen molar-refractivity contribution in [2.45, 2.75) is 13.5 Å². The van der Waals surface area contributed by atoms with E-state index in [4.69, 9.17) is 4.74 Å². The number of benzene rings is 1. The van der Waals surface area contributed by atoms with Gasteiger partial charge in [-0.05, 0) is 42.3 Å². The van der Waals surface area contributed by atoms with Crippen LogP contribution in [0, 0.1) is 6.92 Å². The van der Waals surface area contributed by atoms with Gasteiger partial charge in [-0.25, -0.2) is 0 Å². The maximum absolute atomic E-state index is 5.34. The summed E-state index contributed by atoms with van der Waals surface area (Å²) in [5.41, 5.74) is 3.40. The molecule has 0 fully saturated rings. The van der Waals surface area contributed by atoms with Crippen molar-refractivity contribution in [1.29, 1.82) is 0 Å². The normalized spacial score (nSPS) is 10.0. The van der Waals surface area contributed by atoms with Crippen LogP contribution in [-0.4, -0.2) is 12.1 Å². The molecular weight excluding hydrogens is 212 g/mol. The molecule has 3 nitrogen and oxygen atoms in total. The highest BCUT2D eigenvalue weighted by Gasteiger charge is 2.02. The fraction of sp³-hybridized carbons (Fsp3) is 0.214. The minimum absolute atomic E-state index is 0.766. The largest absolute Gasteiger partial charge is 0.495 e. The van der Waals surface area contributed by atoms with Crippen LogP contribution in [0.2, 0.25) is 0 Å². The van der Waals surface area contributed by atoms with Crippen molar-refractivity contribution < 1.29 is 4.74 Å². The minimum Gasteiger partial charge on any atom is -0.495 e. The molecule has 0 aliphatic heterocycles. The molecule has 0 radical (unpaired) electrons. The van der Waals surface area contributed by atoms with Crippen LogP contribution in [0.15, 0.2) is 42.7 Å². The van der Waals surface area contributed by atoms with Crippen LogP contribution in [0.4, 0.5) is 5.69 Å². The number of anilines is 1. The van der Waals surface area contributed by atoms with Crippen molar-refractivity contribution in [1.82, 2.24) is 4.98 Å². The zero-order chi connectivity index (χ0) is 12.1. The van der Waals surface area contributed by atoms with Crippen LogP contribution in [-0.2, 0) is 6.54 Å². The number of pyridine rings is 1. The van der Waals surface area contributed by atoms with Crippen LogP contribution < -0.4 is 10.1 Å². The summed E-state index contributed by atoms with van der Waals surface area (Å²) in [5, 5.41) is 3.35. The average Bonchev–Trinajstić information content (AvgIpc) is 2.38. The van der Waals surface area contributed by atoms with E-state index in [9.17, 15) is 0 Å². The van der Waals surface area contributed by atoms with E-state index in [1.807, 2.05) is 24.3 Å². The Morgan fingerprint density at radius 2 is 1.94 bits per heavy atom. The second kappa shape index (κ2) is 5.34. The van der Waals surface area contributed by atoms with Crippen molar-refractivity contribution in [3.63, 3.8) is 0 Å². The molecule has 0 aliphatic carbocycles. The van der Waals surface area contributed by atoms with Crippen LogP contribution in [0.5, 0.6) is 5.75 Å². The van der Waals surface area contributed by atoms with Gasteiger partial charge in [0, 0.05) is 18.9 Å². The summed E-state index contributed by atoms with van der Waals surface area (Å²) < 4.78 is 5.34. The number of methoxy groups -OCH3 is 1. The average molecular weight is 228 g/mol. The summed E-state index contributed by atoms with van der Waals surface area (Å²) in [4.78, 5) is 3.99. The summed E-state index contributed by atoms with van der Waals surface area (Å²) in [6.45, 7) is 2.82. The molecule has 2 rings (SSSR count). The Morgan fingerprint density at radius 1 is 1.18 bits per heavy atom. The second-order valence-electron chi connectivity index (χ2n) is 3.91. The lowest BCUT2D eigenvalue weighted by atomic mass is 10.2. The molecule has 2 aromatic rings. The lowest BCUT2D eigenvalue weighted by Gasteiger charge is -2.11. The first-order valence-corrected chi connectivity index (χ1v) is 5.57.